The maximum Gasteiger partial charge on any atom is 0.307 e. The van der Waals surface area contributed by atoms with E-state index in [2.05, 4.69) is 13.8 Å². The topological polar surface area (TPSA) is 57.6 Å². The minimum atomic E-state index is -0.779. The highest BCUT2D eigenvalue weighted by Crippen LogP contribution is 2.57. The van der Waals surface area contributed by atoms with Crippen molar-refractivity contribution in [1.29, 1.82) is 0 Å². The molecule has 0 spiro atoms. The van der Waals surface area contributed by atoms with Crippen LogP contribution in [0, 0.1) is 23.7 Å². The van der Waals surface area contributed by atoms with Gasteiger partial charge in [-0.15, -0.1) is 0 Å². The SMILES string of the molecule is CC(C)=C1C2CCC1C(C(=O)N1CCCCCC1)C2C(=O)O. The van der Waals surface area contributed by atoms with E-state index in [1.807, 2.05) is 4.90 Å². The third-order valence-corrected chi connectivity index (χ3v) is 5.91. The lowest BCUT2D eigenvalue weighted by molar-refractivity contribution is -0.152. The molecule has 1 saturated heterocycles. The summed E-state index contributed by atoms with van der Waals surface area (Å²) < 4.78 is 0. The van der Waals surface area contributed by atoms with Gasteiger partial charge in [0.25, 0.3) is 0 Å². The number of carboxylic acid groups (broad SMARTS) is 1. The van der Waals surface area contributed by atoms with Crippen molar-refractivity contribution in [1.82, 2.24) is 4.90 Å². The molecule has 4 heteroatoms. The molecule has 4 nitrogen and oxygen atoms in total. The number of likely N-dealkylation sites (tertiary alicyclic amines) is 1. The largest absolute Gasteiger partial charge is 0.481 e. The summed E-state index contributed by atoms with van der Waals surface area (Å²) in [6, 6.07) is 0. The van der Waals surface area contributed by atoms with Crippen molar-refractivity contribution in [2.45, 2.75) is 52.4 Å². The van der Waals surface area contributed by atoms with E-state index in [1.165, 1.54) is 24.0 Å². The lowest BCUT2D eigenvalue weighted by Crippen LogP contribution is -2.44. The molecule has 3 fully saturated rings. The second-order valence-corrected chi connectivity index (χ2v) is 7.37. The first-order valence-electron chi connectivity index (χ1n) is 8.71. The Labute approximate surface area is 132 Å². The number of hydrogen-bond acceptors (Lipinski definition) is 2. The molecule has 1 aliphatic heterocycles. The summed E-state index contributed by atoms with van der Waals surface area (Å²) in [5.41, 5.74) is 2.51. The number of carbonyl (C=O) groups is 2. The number of fused-ring (bicyclic) bond motifs is 2. The van der Waals surface area contributed by atoms with Crippen LogP contribution in [0.4, 0.5) is 0 Å². The third-order valence-electron chi connectivity index (χ3n) is 5.91. The minimum Gasteiger partial charge on any atom is -0.481 e. The minimum absolute atomic E-state index is 0.0911. The van der Waals surface area contributed by atoms with Crippen LogP contribution in [0.3, 0.4) is 0 Å². The van der Waals surface area contributed by atoms with Crippen LogP contribution in [-0.4, -0.2) is 35.0 Å². The van der Waals surface area contributed by atoms with Crippen molar-refractivity contribution in [3.05, 3.63) is 11.1 Å². The lowest BCUT2D eigenvalue weighted by atomic mass is 9.78. The van der Waals surface area contributed by atoms with E-state index >= 15 is 0 Å². The molecule has 2 aliphatic carbocycles. The number of aliphatic carboxylic acids is 1. The summed E-state index contributed by atoms with van der Waals surface area (Å²) in [5, 5.41) is 9.71. The number of carbonyl (C=O) groups excluding carboxylic acids is 1. The van der Waals surface area contributed by atoms with Crippen LogP contribution in [0.1, 0.15) is 52.4 Å². The Morgan fingerprint density at radius 1 is 0.955 bits per heavy atom. The zero-order chi connectivity index (χ0) is 15.9. The third kappa shape index (κ3) is 2.46. The molecule has 122 valence electrons. The van der Waals surface area contributed by atoms with Crippen molar-refractivity contribution in [2.24, 2.45) is 23.7 Å². The van der Waals surface area contributed by atoms with Gasteiger partial charge < -0.3 is 10.0 Å². The van der Waals surface area contributed by atoms with Crippen molar-refractivity contribution >= 4 is 11.9 Å². The summed E-state index contributed by atoms with van der Waals surface area (Å²) in [4.78, 5) is 26.9. The average Bonchev–Trinajstić information content (AvgIpc) is 2.90. The van der Waals surface area contributed by atoms with Gasteiger partial charge >= 0.3 is 5.97 Å². The molecule has 2 saturated carbocycles. The average molecular weight is 305 g/mol. The number of carboxylic acids is 1. The Morgan fingerprint density at radius 2 is 1.50 bits per heavy atom. The number of hydrogen-bond donors (Lipinski definition) is 1. The number of nitrogens with zero attached hydrogens (tertiary/aromatic N) is 1. The fourth-order valence-electron chi connectivity index (χ4n) is 5.09. The lowest BCUT2D eigenvalue weighted by Gasteiger charge is -2.31. The van der Waals surface area contributed by atoms with Gasteiger partial charge in [0.15, 0.2) is 0 Å². The fraction of sp³-hybridized carbons (Fsp3) is 0.778. The quantitative estimate of drug-likeness (QED) is 0.798. The molecular weight excluding hydrogens is 278 g/mol. The van der Waals surface area contributed by atoms with Gasteiger partial charge in [0, 0.05) is 13.1 Å². The fourth-order valence-corrected chi connectivity index (χ4v) is 5.09. The van der Waals surface area contributed by atoms with Crippen LogP contribution >= 0.6 is 0 Å². The second kappa shape index (κ2) is 6.05. The first kappa shape index (κ1) is 15.6. The van der Waals surface area contributed by atoms with E-state index in [0.717, 1.165) is 38.8 Å². The highest BCUT2D eigenvalue weighted by molar-refractivity contribution is 5.87. The Bertz CT molecular complexity index is 498. The van der Waals surface area contributed by atoms with Crippen molar-refractivity contribution in [2.75, 3.05) is 13.1 Å². The smallest absolute Gasteiger partial charge is 0.307 e. The van der Waals surface area contributed by atoms with E-state index in [0.29, 0.717) is 0 Å². The van der Waals surface area contributed by atoms with E-state index in [-0.39, 0.29) is 23.7 Å². The van der Waals surface area contributed by atoms with E-state index < -0.39 is 11.9 Å². The molecule has 3 rings (SSSR count). The summed E-state index contributed by atoms with van der Waals surface area (Å²) in [6.45, 7) is 5.75. The van der Waals surface area contributed by atoms with Gasteiger partial charge in [-0.2, -0.15) is 0 Å². The highest BCUT2D eigenvalue weighted by Gasteiger charge is 2.57. The highest BCUT2D eigenvalue weighted by atomic mass is 16.4. The second-order valence-electron chi connectivity index (χ2n) is 7.37. The molecule has 4 unspecified atom stereocenters. The number of allylic oxidation sites excluding steroid dienone is 2. The van der Waals surface area contributed by atoms with Crippen LogP contribution in [0.2, 0.25) is 0 Å². The standard InChI is InChI=1S/C18H27NO3/c1-11(2)14-12-7-8-13(14)16(18(21)22)15(12)17(20)19-9-5-3-4-6-10-19/h12-13,15-16H,3-10H2,1-2H3,(H,21,22). The molecule has 0 aromatic rings. The summed E-state index contributed by atoms with van der Waals surface area (Å²) in [7, 11) is 0. The summed E-state index contributed by atoms with van der Waals surface area (Å²) >= 11 is 0. The van der Waals surface area contributed by atoms with Crippen LogP contribution < -0.4 is 0 Å². The van der Waals surface area contributed by atoms with Gasteiger partial charge in [0.1, 0.15) is 0 Å². The predicted octanol–water partition coefficient (Wildman–Crippen LogP) is 3.08. The molecule has 1 amide bonds. The van der Waals surface area contributed by atoms with E-state index in [1.54, 1.807) is 0 Å². The first-order valence-corrected chi connectivity index (χ1v) is 8.71. The van der Waals surface area contributed by atoms with Gasteiger partial charge in [0.05, 0.1) is 11.8 Å². The summed E-state index contributed by atoms with van der Waals surface area (Å²) in [5.74, 6) is -1.22. The van der Waals surface area contributed by atoms with Crippen molar-refractivity contribution < 1.29 is 14.7 Å². The van der Waals surface area contributed by atoms with E-state index in [4.69, 9.17) is 0 Å². The van der Waals surface area contributed by atoms with Crippen molar-refractivity contribution in [3.63, 3.8) is 0 Å². The zero-order valence-corrected chi connectivity index (χ0v) is 13.7. The first-order chi connectivity index (χ1) is 10.5. The van der Waals surface area contributed by atoms with Crippen LogP contribution in [0.25, 0.3) is 0 Å². The molecular formula is C18H27NO3. The van der Waals surface area contributed by atoms with Gasteiger partial charge in [-0.05, 0) is 51.4 Å². The van der Waals surface area contributed by atoms with Gasteiger partial charge in [-0.3, -0.25) is 9.59 Å². The Kier molecular flexibility index (Phi) is 4.28. The Hall–Kier alpha value is -1.32. The van der Waals surface area contributed by atoms with Crippen LogP contribution in [0.5, 0.6) is 0 Å². The van der Waals surface area contributed by atoms with E-state index in [9.17, 15) is 14.7 Å². The molecule has 1 heterocycles. The van der Waals surface area contributed by atoms with Crippen molar-refractivity contribution in [3.8, 4) is 0 Å². The van der Waals surface area contributed by atoms with Crippen LogP contribution in [-0.2, 0) is 9.59 Å². The van der Waals surface area contributed by atoms with Gasteiger partial charge in [-0.25, -0.2) is 0 Å². The molecule has 22 heavy (non-hydrogen) atoms. The monoisotopic (exact) mass is 305 g/mol. The maximum absolute atomic E-state index is 13.1. The van der Waals surface area contributed by atoms with Crippen LogP contribution in [0.15, 0.2) is 11.1 Å². The molecule has 1 N–H and O–H groups in total. The number of rotatable bonds is 2. The molecule has 0 radical (unpaired) electrons. The predicted molar refractivity (Wildman–Crippen MR) is 84.3 cm³/mol. The molecule has 4 atom stereocenters. The maximum atomic E-state index is 13.1. The van der Waals surface area contributed by atoms with Gasteiger partial charge in [0.2, 0.25) is 5.91 Å². The Morgan fingerprint density at radius 3 is 2.00 bits per heavy atom. The number of amides is 1. The molecule has 3 aliphatic rings. The summed E-state index contributed by atoms with van der Waals surface area (Å²) in [6.07, 6.45) is 6.40. The van der Waals surface area contributed by atoms with Gasteiger partial charge in [-0.1, -0.05) is 24.0 Å². The molecule has 0 aromatic carbocycles. The molecule has 0 aromatic heterocycles. The molecule has 2 bridgehead atoms. The normalized spacial score (nSPS) is 34.6. The Balaban J connectivity index is 1.89. The zero-order valence-electron chi connectivity index (χ0n) is 13.7.